The molecule has 1 fully saturated rings. The first-order valence-corrected chi connectivity index (χ1v) is 6.70. The summed E-state index contributed by atoms with van der Waals surface area (Å²) in [4.78, 5) is 12.4. The van der Waals surface area contributed by atoms with Gasteiger partial charge in [0, 0.05) is 7.11 Å². The Morgan fingerprint density at radius 2 is 2.15 bits per heavy atom. The molecule has 110 valence electrons. The Bertz CT molecular complexity index is 471. The number of ketones is 1. The number of methoxy groups -OCH3 is 2. The van der Waals surface area contributed by atoms with Crippen LogP contribution in [0.2, 0.25) is 0 Å². The van der Waals surface area contributed by atoms with Gasteiger partial charge in [0.1, 0.15) is 17.6 Å². The molecule has 1 aromatic rings. The van der Waals surface area contributed by atoms with Crippen LogP contribution < -0.4 is 9.47 Å². The van der Waals surface area contributed by atoms with Gasteiger partial charge in [0.25, 0.3) is 0 Å². The highest BCUT2D eigenvalue weighted by molar-refractivity contribution is 6.03. The highest BCUT2D eigenvalue weighted by atomic mass is 16.7. The zero-order chi connectivity index (χ0) is 14.5. The Balaban J connectivity index is 2.17. The molecule has 0 amide bonds. The van der Waals surface area contributed by atoms with E-state index >= 15 is 0 Å². The second-order valence-electron chi connectivity index (χ2n) is 4.66. The van der Waals surface area contributed by atoms with Gasteiger partial charge in [-0.2, -0.15) is 0 Å². The summed E-state index contributed by atoms with van der Waals surface area (Å²) in [5.41, 5.74) is 0.477. The molecule has 2 atom stereocenters. The van der Waals surface area contributed by atoms with Gasteiger partial charge in [0.15, 0.2) is 12.6 Å². The summed E-state index contributed by atoms with van der Waals surface area (Å²) in [5.74, 6) is 1.04. The highest BCUT2D eigenvalue weighted by Crippen LogP contribution is 2.34. The number of carbonyl (C=O) groups is 1. The standard InChI is InChI=1S/C15H20O5/c1-4-5-13-15(20-13)14(16)11-8-10(18-3)6-7-12(11)19-9-17-2/h6-8,13,15H,4-5,9H2,1-3H3/t13-,15+/m0/s1. The van der Waals surface area contributed by atoms with Crippen LogP contribution in [0.25, 0.3) is 0 Å². The lowest BCUT2D eigenvalue weighted by atomic mass is 10.0. The number of benzene rings is 1. The van der Waals surface area contributed by atoms with Gasteiger partial charge in [0.2, 0.25) is 0 Å². The Morgan fingerprint density at radius 1 is 1.35 bits per heavy atom. The van der Waals surface area contributed by atoms with E-state index in [0.717, 1.165) is 12.8 Å². The van der Waals surface area contributed by atoms with Crippen LogP contribution in [0.15, 0.2) is 18.2 Å². The van der Waals surface area contributed by atoms with Crippen LogP contribution in [0, 0.1) is 0 Å². The molecular weight excluding hydrogens is 260 g/mol. The first-order chi connectivity index (χ1) is 9.71. The van der Waals surface area contributed by atoms with Crippen molar-refractivity contribution in [3.8, 4) is 11.5 Å². The molecule has 20 heavy (non-hydrogen) atoms. The lowest BCUT2D eigenvalue weighted by Crippen LogP contribution is -2.13. The molecule has 1 aromatic carbocycles. The SMILES string of the molecule is CCC[C@@H]1O[C@H]1C(=O)c1cc(OC)ccc1OCOC. The topological polar surface area (TPSA) is 57.3 Å². The third-order valence-electron chi connectivity index (χ3n) is 3.20. The van der Waals surface area contributed by atoms with Crippen LogP contribution in [0.3, 0.4) is 0 Å². The van der Waals surface area contributed by atoms with E-state index in [1.807, 2.05) is 0 Å². The van der Waals surface area contributed by atoms with E-state index in [2.05, 4.69) is 6.92 Å². The number of epoxide rings is 1. The van der Waals surface area contributed by atoms with Crippen LogP contribution in [-0.2, 0) is 9.47 Å². The summed E-state index contributed by atoms with van der Waals surface area (Å²) in [6.07, 6.45) is 1.58. The third-order valence-corrected chi connectivity index (χ3v) is 3.20. The second-order valence-corrected chi connectivity index (χ2v) is 4.66. The molecule has 1 aliphatic rings. The minimum Gasteiger partial charge on any atom is -0.497 e. The molecular formula is C15H20O5. The van der Waals surface area contributed by atoms with Gasteiger partial charge in [-0.1, -0.05) is 13.3 Å². The summed E-state index contributed by atoms with van der Waals surface area (Å²) in [7, 11) is 3.10. The number of Topliss-reactive ketones (excluding diaryl/α,β-unsaturated/α-hetero) is 1. The molecule has 0 spiro atoms. The Morgan fingerprint density at radius 3 is 2.80 bits per heavy atom. The van der Waals surface area contributed by atoms with Crippen molar-refractivity contribution in [3.63, 3.8) is 0 Å². The highest BCUT2D eigenvalue weighted by Gasteiger charge is 2.45. The lowest BCUT2D eigenvalue weighted by molar-refractivity contribution is 0.0500. The quantitative estimate of drug-likeness (QED) is 0.416. The summed E-state index contributed by atoms with van der Waals surface area (Å²) < 4.78 is 20.9. The van der Waals surface area contributed by atoms with Crippen LogP contribution in [0.5, 0.6) is 11.5 Å². The fraction of sp³-hybridized carbons (Fsp3) is 0.533. The summed E-state index contributed by atoms with van der Waals surface area (Å²) in [6.45, 7) is 2.17. The van der Waals surface area contributed by atoms with E-state index in [4.69, 9.17) is 18.9 Å². The van der Waals surface area contributed by atoms with Crippen LogP contribution in [0.4, 0.5) is 0 Å². The average Bonchev–Trinajstić information content (AvgIpc) is 3.24. The fourth-order valence-corrected chi connectivity index (χ4v) is 2.11. The summed E-state index contributed by atoms with van der Waals surface area (Å²) in [5, 5.41) is 0. The second kappa shape index (κ2) is 6.72. The molecule has 0 aromatic heterocycles. The van der Waals surface area contributed by atoms with E-state index in [9.17, 15) is 4.79 Å². The third kappa shape index (κ3) is 3.29. The Hall–Kier alpha value is -1.59. The van der Waals surface area contributed by atoms with Crippen LogP contribution in [-0.4, -0.2) is 39.0 Å². The molecule has 5 nitrogen and oxygen atoms in total. The number of carbonyl (C=O) groups excluding carboxylic acids is 1. The maximum atomic E-state index is 12.4. The molecule has 1 aliphatic heterocycles. The minimum atomic E-state index is -0.355. The smallest absolute Gasteiger partial charge is 0.198 e. The molecule has 2 rings (SSSR count). The molecule has 5 heteroatoms. The van der Waals surface area contributed by atoms with Crippen molar-refractivity contribution in [2.45, 2.75) is 32.0 Å². The maximum Gasteiger partial charge on any atom is 0.198 e. The average molecular weight is 280 g/mol. The van der Waals surface area contributed by atoms with E-state index in [0.29, 0.717) is 17.1 Å². The molecule has 0 radical (unpaired) electrons. The normalized spacial score (nSPS) is 20.6. The minimum absolute atomic E-state index is 0.0361. The predicted molar refractivity (Wildman–Crippen MR) is 73.4 cm³/mol. The number of hydrogen-bond donors (Lipinski definition) is 0. The van der Waals surface area contributed by atoms with Crippen molar-refractivity contribution in [1.29, 1.82) is 0 Å². The molecule has 0 aliphatic carbocycles. The first kappa shape index (κ1) is 14.8. The van der Waals surface area contributed by atoms with Crippen LogP contribution in [0.1, 0.15) is 30.1 Å². The Labute approximate surface area is 118 Å². The van der Waals surface area contributed by atoms with E-state index in [1.165, 1.54) is 7.11 Å². The van der Waals surface area contributed by atoms with Gasteiger partial charge < -0.3 is 18.9 Å². The van der Waals surface area contributed by atoms with Crippen molar-refractivity contribution < 1.29 is 23.7 Å². The van der Waals surface area contributed by atoms with E-state index < -0.39 is 0 Å². The van der Waals surface area contributed by atoms with Crippen molar-refractivity contribution in [2.24, 2.45) is 0 Å². The number of ether oxygens (including phenoxy) is 4. The van der Waals surface area contributed by atoms with E-state index in [1.54, 1.807) is 25.3 Å². The van der Waals surface area contributed by atoms with Gasteiger partial charge in [-0.05, 0) is 24.6 Å². The molecule has 1 heterocycles. The Kier molecular flexibility index (Phi) is 4.98. The predicted octanol–water partition coefficient (Wildman–Crippen LogP) is 2.43. The summed E-state index contributed by atoms with van der Waals surface area (Å²) >= 11 is 0. The molecule has 0 unspecified atom stereocenters. The maximum absolute atomic E-state index is 12.4. The zero-order valence-electron chi connectivity index (χ0n) is 12.0. The molecule has 0 saturated carbocycles. The van der Waals surface area contributed by atoms with Crippen molar-refractivity contribution >= 4 is 5.78 Å². The van der Waals surface area contributed by atoms with Gasteiger partial charge in [-0.3, -0.25) is 4.79 Å². The summed E-state index contributed by atoms with van der Waals surface area (Å²) in [6, 6.07) is 5.14. The first-order valence-electron chi connectivity index (χ1n) is 6.70. The van der Waals surface area contributed by atoms with Gasteiger partial charge in [-0.15, -0.1) is 0 Å². The van der Waals surface area contributed by atoms with Crippen molar-refractivity contribution in [1.82, 2.24) is 0 Å². The van der Waals surface area contributed by atoms with Crippen molar-refractivity contribution in [2.75, 3.05) is 21.0 Å². The molecule has 0 bridgehead atoms. The monoisotopic (exact) mass is 280 g/mol. The lowest BCUT2D eigenvalue weighted by Gasteiger charge is -2.11. The number of rotatable bonds is 8. The van der Waals surface area contributed by atoms with Gasteiger partial charge in [0.05, 0.1) is 18.8 Å². The van der Waals surface area contributed by atoms with Crippen LogP contribution >= 0.6 is 0 Å². The fourth-order valence-electron chi connectivity index (χ4n) is 2.11. The number of hydrogen-bond acceptors (Lipinski definition) is 5. The zero-order valence-corrected chi connectivity index (χ0v) is 12.0. The van der Waals surface area contributed by atoms with Crippen molar-refractivity contribution in [3.05, 3.63) is 23.8 Å². The van der Waals surface area contributed by atoms with Gasteiger partial charge >= 0.3 is 0 Å². The largest absolute Gasteiger partial charge is 0.497 e. The molecule has 0 N–H and O–H groups in total. The van der Waals surface area contributed by atoms with E-state index in [-0.39, 0.29) is 24.8 Å². The molecule has 1 saturated heterocycles. The van der Waals surface area contributed by atoms with Gasteiger partial charge in [-0.25, -0.2) is 0 Å².